The summed E-state index contributed by atoms with van der Waals surface area (Å²) in [6.45, 7) is 3.72. The fraction of sp³-hybridized carbons (Fsp3) is 0.545. The molecule has 0 unspecified atom stereocenters. The minimum Gasteiger partial charge on any atom is -0.493 e. The lowest BCUT2D eigenvalue weighted by atomic mass is 10.1. The van der Waals surface area contributed by atoms with Gasteiger partial charge in [-0.25, -0.2) is 0 Å². The molecule has 0 bridgehead atoms. The molecule has 1 aromatic carbocycles. The number of carbonyl (C=O) groups is 1. The van der Waals surface area contributed by atoms with Crippen molar-refractivity contribution in [2.75, 3.05) is 34.5 Å². The van der Waals surface area contributed by atoms with E-state index in [9.17, 15) is 4.79 Å². The van der Waals surface area contributed by atoms with Gasteiger partial charge in [0.2, 0.25) is 11.7 Å². The van der Waals surface area contributed by atoms with Crippen molar-refractivity contribution in [2.24, 2.45) is 0 Å². The quantitative estimate of drug-likeness (QED) is 0.582. The van der Waals surface area contributed by atoms with Crippen LogP contribution in [0.5, 0.6) is 17.2 Å². The molecule has 0 N–H and O–H groups in total. The molecular weight excluding hydrogens is 388 g/mol. The van der Waals surface area contributed by atoms with Crippen molar-refractivity contribution in [3.63, 3.8) is 0 Å². The Morgan fingerprint density at radius 2 is 1.90 bits per heavy atom. The highest BCUT2D eigenvalue weighted by atomic mass is 16.5. The Labute approximate surface area is 177 Å². The summed E-state index contributed by atoms with van der Waals surface area (Å²) >= 11 is 0. The summed E-state index contributed by atoms with van der Waals surface area (Å²) in [5, 5.41) is 4.18. The zero-order chi connectivity index (χ0) is 21.5. The third kappa shape index (κ3) is 5.05. The molecule has 2 heterocycles. The van der Waals surface area contributed by atoms with Crippen molar-refractivity contribution in [2.45, 2.75) is 45.3 Å². The summed E-state index contributed by atoms with van der Waals surface area (Å²) in [4.78, 5) is 14.4. The lowest BCUT2D eigenvalue weighted by Gasteiger charge is -2.24. The van der Waals surface area contributed by atoms with Crippen molar-refractivity contribution in [1.82, 2.24) is 10.1 Å². The Morgan fingerprint density at radius 1 is 1.17 bits per heavy atom. The summed E-state index contributed by atoms with van der Waals surface area (Å²) in [7, 11) is 4.69. The van der Waals surface area contributed by atoms with E-state index in [-0.39, 0.29) is 12.0 Å². The van der Waals surface area contributed by atoms with E-state index in [0.29, 0.717) is 48.2 Å². The predicted molar refractivity (Wildman–Crippen MR) is 111 cm³/mol. The molecule has 1 aliphatic heterocycles. The van der Waals surface area contributed by atoms with Gasteiger partial charge in [0.25, 0.3) is 0 Å². The molecular formula is C22H30N2O6. The maximum Gasteiger partial charge on any atom is 0.223 e. The lowest BCUT2D eigenvalue weighted by molar-refractivity contribution is -0.133. The minimum atomic E-state index is 0.0901. The van der Waals surface area contributed by atoms with Crippen LogP contribution in [0.2, 0.25) is 0 Å². The van der Waals surface area contributed by atoms with Crippen LogP contribution >= 0.6 is 0 Å². The molecule has 2 aromatic rings. The van der Waals surface area contributed by atoms with E-state index in [1.54, 1.807) is 33.5 Å². The highest BCUT2D eigenvalue weighted by molar-refractivity contribution is 5.76. The number of methoxy groups -OCH3 is 3. The normalized spacial score (nSPS) is 15.8. The van der Waals surface area contributed by atoms with E-state index in [2.05, 4.69) is 5.16 Å². The zero-order valence-electron chi connectivity index (χ0n) is 18.1. The Bertz CT molecular complexity index is 819. The molecule has 1 aromatic heterocycles. The first-order valence-electron chi connectivity index (χ1n) is 10.2. The topological polar surface area (TPSA) is 83.3 Å². The molecule has 0 aliphatic carbocycles. The molecule has 3 rings (SSSR count). The number of ether oxygens (including phenoxy) is 4. The van der Waals surface area contributed by atoms with Crippen molar-refractivity contribution in [1.29, 1.82) is 0 Å². The van der Waals surface area contributed by atoms with Crippen LogP contribution in [0.25, 0.3) is 11.3 Å². The maximum absolute atomic E-state index is 12.6. The van der Waals surface area contributed by atoms with Gasteiger partial charge in [-0.3, -0.25) is 4.79 Å². The molecule has 164 valence electrons. The van der Waals surface area contributed by atoms with E-state index < -0.39 is 0 Å². The number of rotatable bonds is 10. The Kier molecular flexibility index (Phi) is 7.57. The van der Waals surface area contributed by atoms with Gasteiger partial charge in [0.15, 0.2) is 17.3 Å². The number of hydrogen-bond donors (Lipinski definition) is 0. The number of nitrogens with zero attached hydrogens (tertiary/aromatic N) is 2. The van der Waals surface area contributed by atoms with Gasteiger partial charge in [-0.05, 0) is 31.4 Å². The lowest BCUT2D eigenvalue weighted by Crippen LogP contribution is -2.36. The molecule has 0 radical (unpaired) electrons. The average Bonchev–Trinajstić information content (AvgIpc) is 3.44. The first kappa shape index (κ1) is 22.0. The third-order valence-electron chi connectivity index (χ3n) is 5.13. The fourth-order valence-corrected chi connectivity index (χ4v) is 3.60. The van der Waals surface area contributed by atoms with Crippen molar-refractivity contribution in [3.8, 4) is 28.6 Å². The van der Waals surface area contributed by atoms with Crippen molar-refractivity contribution < 1.29 is 28.3 Å². The molecule has 1 fully saturated rings. The van der Waals surface area contributed by atoms with E-state index in [1.807, 2.05) is 17.9 Å². The predicted octanol–water partition coefficient (Wildman–Crippen LogP) is 3.68. The van der Waals surface area contributed by atoms with Gasteiger partial charge in [-0.1, -0.05) is 12.1 Å². The number of benzene rings is 1. The van der Waals surface area contributed by atoms with E-state index >= 15 is 0 Å². The van der Waals surface area contributed by atoms with Crippen LogP contribution in [0.1, 0.15) is 38.3 Å². The zero-order valence-corrected chi connectivity index (χ0v) is 18.1. The highest BCUT2D eigenvalue weighted by Crippen LogP contribution is 2.41. The van der Waals surface area contributed by atoms with Crippen LogP contribution in [0.15, 0.2) is 22.7 Å². The van der Waals surface area contributed by atoms with E-state index in [0.717, 1.165) is 31.4 Å². The minimum absolute atomic E-state index is 0.0901. The number of hydrogen-bond acceptors (Lipinski definition) is 7. The second kappa shape index (κ2) is 10.3. The summed E-state index contributed by atoms with van der Waals surface area (Å²) < 4.78 is 27.5. The summed E-state index contributed by atoms with van der Waals surface area (Å²) in [6, 6.07) is 5.44. The van der Waals surface area contributed by atoms with Gasteiger partial charge in [-0.2, -0.15) is 0 Å². The van der Waals surface area contributed by atoms with Crippen molar-refractivity contribution in [3.05, 3.63) is 23.9 Å². The van der Waals surface area contributed by atoms with Gasteiger partial charge in [0.1, 0.15) is 5.69 Å². The molecule has 8 nitrogen and oxygen atoms in total. The molecule has 1 saturated heterocycles. The summed E-state index contributed by atoms with van der Waals surface area (Å²) in [5.41, 5.74) is 1.43. The Morgan fingerprint density at radius 3 is 2.47 bits per heavy atom. The second-order valence-corrected chi connectivity index (χ2v) is 7.26. The smallest absolute Gasteiger partial charge is 0.223 e. The largest absolute Gasteiger partial charge is 0.493 e. The van der Waals surface area contributed by atoms with Crippen LogP contribution < -0.4 is 14.2 Å². The molecule has 1 aliphatic rings. The molecule has 0 saturated carbocycles. The molecule has 0 spiro atoms. The van der Waals surface area contributed by atoms with Gasteiger partial charge in [0.05, 0.1) is 34.0 Å². The van der Waals surface area contributed by atoms with Crippen LogP contribution in [0.3, 0.4) is 0 Å². The van der Waals surface area contributed by atoms with Gasteiger partial charge in [-0.15, -0.1) is 0 Å². The first-order valence-corrected chi connectivity index (χ1v) is 10.2. The van der Waals surface area contributed by atoms with Gasteiger partial charge < -0.3 is 28.4 Å². The molecule has 1 atom stereocenters. The number of amides is 1. The van der Waals surface area contributed by atoms with Gasteiger partial charge in [0, 0.05) is 31.2 Å². The van der Waals surface area contributed by atoms with E-state index in [1.165, 1.54) is 0 Å². The SMILES string of the molecule is CCCC(=O)N(Cc1cc(-c2cc(OC)c(OC)c(OC)c2)on1)C[C@H]1CCCO1. The molecule has 8 heteroatoms. The summed E-state index contributed by atoms with van der Waals surface area (Å²) in [5.74, 6) is 2.23. The van der Waals surface area contributed by atoms with Gasteiger partial charge >= 0.3 is 0 Å². The van der Waals surface area contributed by atoms with Crippen LogP contribution in [0, 0.1) is 0 Å². The standard InChI is InChI=1S/C22H30N2O6/c1-5-7-21(25)24(14-17-8-6-9-29-17)13-16-12-18(30-23-16)15-10-19(26-2)22(28-4)20(11-15)27-3/h10-12,17H,5-9,13-14H2,1-4H3/t17-/m1/s1. The molecule has 30 heavy (non-hydrogen) atoms. The number of aromatic nitrogens is 1. The van der Waals surface area contributed by atoms with Crippen LogP contribution in [0.4, 0.5) is 0 Å². The third-order valence-corrected chi connectivity index (χ3v) is 5.13. The first-order chi connectivity index (χ1) is 14.6. The molecule has 1 amide bonds. The highest BCUT2D eigenvalue weighted by Gasteiger charge is 2.24. The fourth-order valence-electron chi connectivity index (χ4n) is 3.60. The second-order valence-electron chi connectivity index (χ2n) is 7.26. The Hall–Kier alpha value is -2.74. The Balaban J connectivity index is 1.81. The monoisotopic (exact) mass is 418 g/mol. The van der Waals surface area contributed by atoms with E-state index in [4.69, 9.17) is 23.5 Å². The average molecular weight is 418 g/mol. The number of carbonyl (C=O) groups excluding carboxylic acids is 1. The summed E-state index contributed by atoms with van der Waals surface area (Å²) in [6.07, 6.45) is 3.41. The van der Waals surface area contributed by atoms with Crippen molar-refractivity contribution >= 4 is 5.91 Å². The van der Waals surface area contributed by atoms with Crippen LogP contribution in [-0.4, -0.2) is 56.5 Å². The maximum atomic E-state index is 12.6. The van der Waals surface area contributed by atoms with Crippen LogP contribution in [-0.2, 0) is 16.1 Å².